The van der Waals surface area contributed by atoms with Crippen LogP contribution in [0.5, 0.6) is 0 Å². The van der Waals surface area contributed by atoms with E-state index in [9.17, 15) is 13.2 Å². The van der Waals surface area contributed by atoms with Gasteiger partial charge < -0.3 is 10.2 Å². The standard InChI is InChI=1S/C20H33N3O3S/c1-4-23(5-2)27(25,26)19-9-6-17(7-10-19)8-11-20(24)22-14-12-18(13-15-22)16-21-3/h6-7,9-10,18,21H,4-5,8,11-16H2,1-3H3. The molecule has 1 fully saturated rings. The Bertz CT molecular complexity index is 692. The van der Waals surface area contributed by atoms with E-state index in [0.29, 0.717) is 36.7 Å². The predicted molar refractivity (Wildman–Crippen MR) is 108 cm³/mol. The maximum atomic E-state index is 12.5. The van der Waals surface area contributed by atoms with Crippen LogP contribution in [0.3, 0.4) is 0 Å². The first-order valence-electron chi connectivity index (χ1n) is 9.93. The highest BCUT2D eigenvalue weighted by Gasteiger charge is 2.23. The average Bonchev–Trinajstić information content (AvgIpc) is 2.68. The Morgan fingerprint density at radius 3 is 2.26 bits per heavy atom. The predicted octanol–water partition coefficient (Wildman–Crippen LogP) is 2.11. The molecule has 27 heavy (non-hydrogen) atoms. The monoisotopic (exact) mass is 395 g/mol. The zero-order valence-corrected chi connectivity index (χ0v) is 17.6. The lowest BCUT2D eigenvalue weighted by atomic mass is 9.96. The summed E-state index contributed by atoms with van der Waals surface area (Å²) in [5.41, 5.74) is 0.993. The highest BCUT2D eigenvalue weighted by Crippen LogP contribution is 2.19. The number of benzene rings is 1. The van der Waals surface area contributed by atoms with Crippen LogP contribution in [0.25, 0.3) is 0 Å². The molecular weight excluding hydrogens is 362 g/mol. The van der Waals surface area contributed by atoms with Crippen LogP contribution in [0.4, 0.5) is 0 Å². The molecule has 1 aromatic carbocycles. The van der Waals surface area contributed by atoms with Gasteiger partial charge in [-0.25, -0.2) is 8.42 Å². The molecule has 1 N–H and O–H groups in total. The molecule has 152 valence electrons. The number of piperidine rings is 1. The van der Waals surface area contributed by atoms with Crippen molar-refractivity contribution in [2.24, 2.45) is 5.92 Å². The first-order valence-corrected chi connectivity index (χ1v) is 11.4. The second-order valence-corrected chi connectivity index (χ2v) is 9.05. The lowest BCUT2D eigenvalue weighted by Crippen LogP contribution is -2.40. The van der Waals surface area contributed by atoms with Crippen LogP contribution in [0, 0.1) is 5.92 Å². The number of amides is 1. The summed E-state index contributed by atoms with van der Waals surface area (Å²) in [6.45, 7) is 7.29. The Kier molecular flexibility index (Phi) is 8.26. The van der Waals surface area contributed by atoms with Gasteiger partial charge in [0.25, 0.3) is 0 Å². The molecule has 0 radical (unpaired) electrons. The van der Waals surface area contributed by atoms with Gasteiger partial charge in [0, 0.05) is 32.6 Å². The minimum Gasteiger partial charge on any atom is -0.343 e. The molecule has 1 heterocycles. The van der Waals surface area contributed by atoms with Crippen LogP contribution in [0.1, 0.15) is 38.7 Å². The molecule has 1 amide bonds. The van der Waals surface area contributed by atoms with Gasteiger partial charge in [-0.2, -0.15) is 4.31 Å². The number of sulfonamides is 1. The Morgan fingerprint density at radius 2 is 1.74 bits per heavy atom. The fourth-order valence-electron chi connectivity index (χ4n) is 3.63. The van der Waals surface area contributed by atoms with Gasteiger partial charge in [-0.1, -0.05) is 26.0 Å². The summed E-state index contributed by atoms with van der Waals surface area (Å²) in [5.74, 6) is 0.858. The van der Waals surface area contributed by atoms with Crippen molar-refractivity contribution < 1.29 is 13.2 Å². The smallest absolute Gasteiger partial charge is 0.243 e. The number of carbonyl (C=O) groups excluding carboxylic acids is 1. The molecule has 0 aliphatic carbocycles. The van der Waals surface area contributed by atoms with Crippen LogP contribution >= 0.6 is 0 Å². The van der Waals surface area contributed by atoms with E-state index in [1.807, 2.05) is 37.9 Å². The molecular formula is C20H33N3O3S. The Morgan fingerprint density at radius 1 is 1.15 bits per heavy atom. The van der Waals surface area contributed by atoms with Crippen molar-refractivity contribution in [3.63, 3.8) is 0 Å². The summed E-state index contributed by atoms with van der Waals surface area (Å²) < 4.78 is 26.5. The van der Waals surface area contributed by atoms with E-state index >= 15 is 0 Å². The summed E-state index contributed by atoms with van der Waals surface area (Å²) >= 11 is 0. The Hall–Kier alpha value is -1.44. The van der Waals surface area contributed by atoms with Crippen molar-refractivity contribution in [2.75, 3.05) is 39.8 Å². The number of carbonyl (C=O) groups is 1. The van der Waals surface area contributed by atoms with E-state index in [0.717, 1.165) is 38.0 Å². The van der Waals surface area contributed by atoms with E-state index in [1.54, 1.807) is 12.1 Å². The molecule has 0 aromatic heterocycles. The summed E-state index contributed by atoms with van der Waals surface area (Å²) in [4.78, 5) is 14.7. The van der Waals surface area contributed by atoms with Crippen LogP contribution in [0.15, 0.2) is 29.2 Å². The van der Waals surface area contributed by atoms with Crippen molar-refractivity contribution in [1.29, 1.82) is 0 Å². The molecule has 1 aliphatic heterocycles. The van der Waals surface area contributed by atoms with E-state index in [2.05, 4.69) is 5.32 Å². The maximum absolute atomic E-state index is 12.5. The molecule has 6 nitrogen and oxygen atoms in total. The van der Waals surface area contributed by atoms with Crippen LogP contribution < -0.4 is 5.32 Å². The van der Waals surface area contributed by atoms with Crippen molar-refractivity contribution >= 4 is 15.9 Å². The molecule has 0 spiro atoms. The number of hydrogen-bond donors (Lipinski definition) is 1. The van der Waals surface area contributed by atoms with Gasteiger partial charge in [-0.3, -0.25) is 4.79 Å². The molecule has 1 aromatic rings. The topological polar surface area (TPSA) is 69.7 Å². The average molecular weight is 396 g/mol. The highest BCUT2D eigenvalue weighted by molar-refractivity contribution is 7.89. The fourth-order valence-corrected chi connectivity index (χ4v) is 5.08. The molecule has 1 saturated heterocycles. The fraction of sp³-hybridized carbons (Fsp3) is 0.650. The number of likely N-dealkylation sites (tertiary alicyclic amines) is 1. The molecule has 1 aliphatic rings. The second kappa shape index (κ2) is 10.2. The Labute approximate surface area is 164 Å². The molecule has 0 saturated carbocycles. The van der Waals surface area contributed by atoms with Crippen molar-refractivity contribution in [3.8, 4) is 0 Å². The number of nitrogens with one attached hydrogen (secondary N) is 1. The first-order chi connectivity index (χ1) is 12.9. The van der Waals surface area contributed by atoms with Gasteiger partial charge in [0.05, 0.1) is 4.90 Å². The third kappa shape index (κ3) is 5.77. The van der Waals surface area contributed by atoms with Gasteiger partial charge >= 0.3 is 0 Å². The maximum Gasteiger partial charge on any atom is 0.243 e. The summed E-state index contributed by atoms with van der Waals surface area (Å²) in [5, 5.41) is 3.21. The van der Waals surface area contributed by atoms with Gasteiger partial charge in [-0.15, -0.1) is 0 Å². The summed E-state index contributed by atoms with van der Waals surface area (Å²) in [6.07, 6.45) is 3.23. The molecule has 0 unspecified atom stereocenters. The highest BCUT2D eigenvalue weighted by atomic mass is 32.2. The lowest BCUT2D eigenvalue weighted by Gasteiger charge is -2.32. The summed E-state index contributed by atoms with van der Waals surface area (Å²) in [7, 11) is -1.46. The van der Waals surface area contributed by atoms with Crippen LogP contribution in [0.2, 0.25) is 0 Å². The number of rotatable bonds is 9. The number of aryl methyl sites for hydroxylation is 1. The molecule has 0 atom stereocenters. The molecule has 7 heteroatoms. The van der Waals surface area contributed by atoms with Crippen LogP contribution in [-0.2, 0) is 21.2 Å². The third-order valence-corrected chi connectivity index (χ3v) is 7.42. The largest absolute Gasteiger partial charge is 0.343 e. The molecule has 2 rings (SSSR count). The SMILES string of the molecule is CCN(CC)S(=O)(=O)c1ccc(CCC(=O)N2CCC(CNC)CC2)cc1. The number of hydrogen-bond acceptors (Lipinski definition) is 4. The molecule has 0 bridgehead atoms. The third-order valence-electron chi connectivity index (χ3n) is 5.35. The van der Waals surface area contributed by atoms with Gasteiger partial charge in [0.2, 0.25) is 15.9 Å². The van der Waals surface area contributed by atoms with Crippen molar-refractivity contribution in [1.82, 2.24) is 14.5 Å². The van der Waals surface area contributed by atoms with E-state index < -0.39 is 10.0 Å². The van der Waals surface area contributed by atoms with E-state index in [1.165, 1.54) is 4.31 Å². The normalized spacial score (nSPS) is 16.1. The van der Waals surface area contributed by atoms with E-state index in [-0.39, 0.29) is 5.91 Å². The minimum absolute atomic E-state index is 0.192. The van der Waals surface area contributed by atoms with Crippen molar-refractivity contribution in [2.45, 2.75) is 44.4 Å². The first kappa shape index (κ1) is 21.9. The van der Waals surface area contributed by atoms with Crippen LogP contribution in [-0.4, -0.2) is 63.3 Å². The quantitative estimate of drug-likeness (QED) is 0.695. The van der Waals surface area contributed by atoms with Gasteiger partial charge in [0.1, 0.15) is 0 Å². The van der Waals surface area contributed by atoms with Crippen molar-refractivity contribution in [3.05, 3.63) is 29.8 Å². The van der Waals surface area contributed by atoms with Gasteiger partial charge in [0.15, 0.2) is 0 Å². The zero-order valence-electron chi connectivity index (χ0n) is 16.8. The Balaban J connectivity index is 1.87. The lowest BCUT2D eigenvalue weighted by molar-refractivity contribution is -0.132. The minimum atomic E-state index is -3.42. The zero-order chi connectivity index (χ0) is 19.9. The number of nitrogens with zero attached hydrogens (tertiary/aromatic N) is 2. The van der Waals surface area contributed by atoms with Gasteiger partial charge in [-0.05, 0) is 56.5 Å². The second-order valence-electron chi connectivity index (χ2n) is 7.12. The van der Waals surface area contributed by atoms with E-state index in [4.69, 9.17) is 0 Å². The summed E-state index contributed by atoms with van der Waals surface area (Å²) in [6, 6.07) is 6.94.